The predicted octanol–water partition coefficient (Wildman–Crippen LogP) is 1.94. The fraction of sp³-hybridized carbons (Fsp3) is 0.400. The van der Waals surface area contributed by atoms with Gasteiger partial charge in [-0.15, -0.1) is 0 Å². The summed E-state index contributed by atoms with van der Waals surface area (Å²) in [4.78, 5) is 24.3. The van der Waals surface area contributed by atoms with Crippen LogP contribution in [-0.4, -0.2) is 16.7 Å². The lowest BCUT2D eigenvalue weighted by Gasteiger charge is -2.11. The Bertz CT molecular complexity index is 413. The molecule has 1 saturated heterocycles. The summed E-state index contributed by atoms with van der Waals surface area (Å²) in [5.74, 6) is 0.168. The number of carbonyl (C=O) groups is 2. The molecule has 1 unspecified atom stereocenters. The molecule has 1 aliphatic heterocycles. The molecule has 0 N–H and O–H groups in total. The van der Waals surface area contributed by atoms with Crippen molar-refractivity contribution < 1.29 is 14.0 Å². The molecule has 0 saturated carbocycles. The van der Waals surface area contributed by atoms with Crippen LogP contribution in [0.1, 0.15) is 19.1 Å². The van der Waals surface area contributed by atoms with Gasteiger partial charge >= 0.3 is 0 Å². The van der Waals surface area contributed by atoms with Crippen LogP contribution in [0.15, 0.2) is 21.2 Å². The Morgan fingerprint density at radius 1 is 1.53 bits per heavy atom. The van der Waals surface area contributed by atoms with Crippen molar-refractivity contribution in [3.63, 3.8) is 0 Å². The van der Waals surface area contributed by atoms with Gasteiger partial charge in [-0.1, -0.05) is 6.92 Å². The minimum Gasteiger partial charge on any atom is -0.452 e. The Kier molecular flexibility index (Phi) is 2.65. The van der Waals surface area contributed by atoms with Crippen LogP contribution in [0.5, 0.6) is 0 Å². The molecule has 2 heterocycles. The highest BCUT2D eigenvalue weighted by molar-refractivity contribution is 9.10. The van der Waals surface area contributed by atoms with E-state index in [1.54, 1.807) is 19.1 Å². The number of nitrogens with zero attached hydrogens (tertiary/aromatic N) is 1. The van der Waals surface area contributed by atoms with Gasteiger partial charge in [-0.3, -0.25) is 14.5 Å². The van der Waals surface area contributed by atoms with E-state index in [1.807, 2.05) is 0 Å². The molecule has 0 aromatic carbocycles. The Morgan fingerprint density at radius 2 is 2.27 bits per heavy atom. The molecule has 0 bridgehead atoms. The maximum Gasteiger partial charge on any atom is 0.232 e. The van der Waals surface area contributed by atoms with Gasteiger partial charge in [0.25, 0.3) is 0 Å². The maximum atomic E-state index is 11.6. The summed E-state index contributed by atoms with van der Waals surface area (Å²) >= 11 is 3.17. The summed E-state index contributed by atoms with van der Waals surface area (Å²) in [6, 6.07) is 3.48. The fourth-order valence-electron chi connectivity index (χ4n) is 1.61. The van der Waals surface area contributed by atoms with E-state index >= 15 is 0 Å². The molecule has 1 fully saturated rings. The van der Waals surface area contributed by atoms with Crippen molar-refractivity contribution in [1.82, 2.24) is 4.90 Å². The van der Waals surface area contributed by atoms with Crippen molar-refractivity contribution in [2.45, 2.75) is 19.9 Å². The van der Waals surface area contributed by atoms with Gasteiger partial charge in [-0.2, -0.15) is 0 Å². The second kappa shape index (κ2) is 3.81. The third kappa shape index (κ3) is 1.97. The molecule has 0 aliphatic carbocycles. The smallest absolute Gasteiger partial charge is 0.232 e. The highest BCUT2D eigenvalue weighted by Crippen LogP contribution is 2.22. The summed E-state index contributed by atoms with van der Waals surface area (Å²) in [7, 11) is 0. The Morgan fingerprint density at radius 3 is 2.73 bits per heavy atom. The van der Waals surface area contributed by atoms with E-state index in [4.69, 9.17) is 4.42 Å². The molecule has 15 heavy (non-hydrogen) atoms. The highest BCUT2D eigenvalue weighted by Gasteiger charge is 2.35. The quantitative estimate of drug-likeness (QED) is 0.773. The van der Waals surface area contributed by atoms with Gasteiger partial charge in [-0.05, 0) is 28.1 Å². The van der Waals surface area contributed by atoms with E-state index in [0.29, 0.717) is 16.9 Å². The van der Waals surface area contributed by atoms with Crippen LogP contribution in [0.25, 0.3) is 0 Å². The van der Waals surface area contributed by atoms with E-state index < -0.39 is 0 Å². The number of hydrogen-bond donors (Lipinski definition) is 0. The maximum absolute atomic E-state index is 11.6. The summed E-state index contributed by atoms with van der Waals surface area (Å²) < 4.78 is 5.85. The normalized spacial score (nSPS) is 21.5. The van der Waals surface area contributed by atoms with Crippen molar-refractivity contribution in [3.05, 3.63) is 22.6 Å². The Balaban J connectivity index is 2.12. The molecular formula is C10H10BrNO3. The largest absolute Gasteiger partial charge is 0.452 e. The van der Waals surface area contributed by atoms with E-state index in [-0.39, 0.29) is 24.3 Å². The first-order chi connectivity index (χ1) is 7.08. The third-order valence-electron chi connectivity index (χ3n) is 2.41. The van der Waals surface area contributed by atoms with Crippen molar-refractivity contribution in [2.24, 2.45) is 5.92 Å². The number of furan rings is 1. The molecule has 80 valence electrons. The minimum atomic E-state index is -0.198. The second-order valence-corrected chi connectivity index (χ2v) is 4.41. The van der Waals surface area contributed by atoms with Crippen molar-refractivity contribution in [1.29, 1.82) is 0 Å². The monoisotopic (exact) mass is 271 g/mol. The van der Waals surface area contributed by atoms with Crippen LogP contribution < -0.4 is 0 Å². The molecule has 5 heteroatoms. The van der Waals surface area contributed by atoms with Gasteiger partial charge in [0.05, 0.1) is 6.54 Å². The molecule has 1 aromatic heterocycles. The number of amides is 2. The molecule has 2 rings (SSSR count). The molecule has 2 amide bonds. The molecule has 1 atom stereocenters. The van der Waals surface area contributed by atoms with Gasteiger partial charge in [0, 0.05) is 12.3 Å². The number of rotatable bonds is 2. The fourth-order valence-corrected chi connectivity index (χ4v) is 1.95. The average molecular weight is 272 g/mol. The first kappa shape index (κ1) is 10.4. The number of halogens is 1. The summed E-state index contributed by atoms with van der Waals surface area (Å²) in [6.45, 7) is 1.99. The predicted molar refractivity (Wildman–Crippen MR) is 55.7 cm³/mol. The van der Waals surface area contributed by atoms with Crippen molar-refractivity contribution >= 4 is 27.7 Å². The van der Waals surface area contributed by atoms with Crippen LogP contribution in [-0.2, 0) is 16.1 Å². The van der Waals surface area contributed by atoms with Crippen LogP contribution in [0.4, 0.5) is 0 Å². The second-order valence-electron chi connectivity index (χ2n) is 3.63. The Labute approximate surface area is 95.4 Å². The zero-order valence-corrected chi connectivity index (χ0v) is 9.78. The zero-order chi connectivity index (χ0) is 11.0. The molecular weight excluding hydrogens is 262 g/mol. The Hall–Kier alpha value is -1.10. The lowest BCUT2D eigenvalue weighted by Crippen LogP contribution is -2.29. The van der Waals surface area contributed by atoms with E-state index in [0.717, 1.165) is 0 Å². The lowest BCUT2D eigenvalue weighted by molar-refractivity contribution is -0.140. The van der Waals surface area contributed by atoms with Crippen LogP contribution in [0.2, 0.25) is 0 Å². The molecule has 0 radical (unpaired) electrons. The van der Waals surface area contributed by atoms with Crippen molar-refractivity contribution in [3.8, 4) is 0 Å². The first-order valence-electron chi connectivity index (χ1n) is 4.66. The van der Waals surface area contributed by atoms with Crippen LogP contribution in [0, 0.1) is 5.92 Å². The summed E-state index contributed by atoms with van der Waals surface area (Å²) in [5, 5.41) is 0. The highest BCUT2D eigenvalue weighted by atomic mass is 79.9. The zero-order valence-electron chi connectivity index (χ0n) is 8.20. The minimum absolute atomic E-state index is 0.118. The molecule has 1 aromatic rings. The number of carbonyl (C=O) groups excluding carboxylic acids is 2. The van der Waals surface area contributed by atoms with E-state index in [9.17, 15) is 9.59 Å². The van der Waals surface area contributed by atoms with Gasteiger partial charge in [0.1, 0.15) is 5.76 Å². The van der Waals surface area contributed by atoms with Gasteiger partial charge in [0.15, 0.2) is 4.67 Å². The van der Waals surface area contributed by atoms with Gasteiger partial charge in [-0.25, -0.2) is 0 Å². The van der Waals surface area contributed by atoms with Crippen LogP contribution in [0.3, 0.4) is 0 Å². The number of likely N-dealkylation sites (tertiary alicyclic amines) is 1. The first-order valence-corrected chi connectivity index (χ1v) is 5.45. The van der Waals surface area contributed by atoms with E-state index in [2.05, 4.69) is 15.9 Å². The van der Waals surface area contributed by atoms with Gasteiger partial charge in [0.2, 0.25) is 11.8 Å². The van der Waals surface area contributed by atoms with E-state index in [1.165, 1.54) is 4.90 Å². The SMILES string of the molecule is CC1CC(=O)N(Cc2ccc(Br)o2)C1=O. The molecule has 4 nitrogen and oxygen atoms in total. The summed E-state index contributed by atoms with van der Waals surface area (Å²) in [6.07, 6.45) is 0.306. The van der Waals surface area contributed by atoms with Gasteiger partial charge < -0.3 is 4.42 Å². The third-order valence-corrected chi connectivity index (χ3v) is 2.84. The standard InChI is InChI=1S/C10H10BrNO3/c1-6-4-9(13)12(10(6)14)5-7-2-3-8(11)15-7/h2-3,6H,4-5H2,1H3. The average Bonchev–Trinajstić information content (AvgIpc) is 2.67. The summed E-state index contributed by atoms with van der Waals surface area (Å²) in [5.41, 5.74) is 0. The molecule has 0 spiro atoms. The topological polar surface area (TPSA) is 50.5 Å². The molecule has 1 aliphatic rings. The van der Waals surface area contributed by atoms with Crippen molar-refractivity contribution in [2.75, 3.05) is 0 Å². The lowest BCUT2D eigenvalue weighted by atomic mass is 10.1. The number of hydrogen-bond acceptors (Lipinski definition) is 3. The number of imide groups is 1. The van der Waals surface area contributed by atoms with Crippen LogP contribution >= 0.6 is 15.9 Å².